The summed E-state index contributed by atoms with van der Waals surface area (Å²) in [6, 6.07) is 3.63. The van der Waals surface area contributed by atoms with Crippen LogP contribution in [0.5, 0.6) is 0 Å². The molecule has 1 unspecified atom stereocenters. The topological polar surface area (TPSA) is 127 Å². The second kappa shape index (κ2) is 12.4. The summed E-state index contributed by atoms with van der Waals surface area (Å²) in [4.78, 5) is 11.5. The smallest absolute Gasteiger partial charge is 0.416 e. The van der Waals surface area contributed by atoms with Gasteiger partial charge in [0.25, 0.3) is 5.92 Å². The van der Waals surface area contributed by atoms with Gasteiger partial charge in [-0.15, -0.1) is 16.9 Å². The average molecular weight is 684 g/mol. The van der Waals surface area contributed by atoms with E-state index in [-0.39, 0.29) is 11.3 Å². The molecule has 2 heterocycles. The lowest BCUT2D eigenvalue weighted by Crippen LogP contribution is -2.58. The van der Waals surface area contributed by atoms with Gasteiger partial charge in [-0.25, -0.2) is 26.6 Å². The normalized spacial score (nSPS) is 26.3. The summed E-state index contributed by atoms with van der Waals surface area (Å²) in [5.41, 5.74) is -6.39. The average Bonchev–Trinajstić information content (AvgIpc) is 3.43. The number of hydrogen-bond donors (Lipinski definition) is 3. The standard InChI is InChI=1S/C28H25F8N3O6S/c1-12(40)44-9-19-22(41)21(39-8-18(37-38-39)13-6-16(29)20(31)17(30)7-13)23(42)25(45-19)46-24(26(43)10-27(32,33)11-26)14-4-2-3-5-15(14)28(34,35)36/h2-8,19,21-25,41-43H,9-11H2,1H3/t19-,21+,22+,23-,24?,25+/m1/s1. The van der Waals surface area contributed by atoms with Crippen molar-refractivity contribution in [2.75, 3.05) is 6.61 Å². The Labute approximate surface area is 259 Å². The molecule has 46 heavy (non-hydrogen) atoms. The van der Waals surface area contributed by atoms with Gasteiger partial charge in [0, 0.05) is 25.3 Å². The summed E-state index contributed by atoms with van der Waals surface area (Å²) in [5.74, 6) is -9.03. The van der Waals surface area contributed by atoms with Gasteiger partial charge in [-0.05, 0) is 23.8 Å². The number of alkyl halides is 5. The van der Waals surface area contributed by atoms with Crippen molar-refractivity contribution in [3.8, 4) is 11.3 Å². The summed E-state index contributed by atoms with van der Waals surface area (Å²) < 4.78 is 123. The number of aliphatic hydroxyl groups excluding tert-OH is 2. The molecule has 1 aliphatic carbocycles. The first-order valence-electron chi connectivity index (χ1n) is 13.5. The molecule has 1 aliphatic heterocycles. The van der Waals surface area contributed by atoms with Gasteiger partial charge in [-0.3, -0.25) is 4.79 Å². The number of nitrogens with zero attached hydrogens (tertiary/aromatic N) is 3. The molecule has 0 bridgehead atoms. The second-order valence-electron chi connectivity index (χ2n) is 11.1. The van der Waals surface area contributed by atoms with Crippen molar-refractivity contribution in [2.24, 2.45) is 0 Å². The molecule has 3 aromatic rings. The Kier molecular flexibility index (Phi) is 9.15. The van der Waals surface area contributed by atoms with E-state index in [9.17, 15) is 55.2 Å². The van der Waals surface area contributed by atoms with Crippen LogP contribution in [0.25, 0.3) is 11.3 Å². The molecule has 0 spiro atoms. The number of ether oxygens (including phenoxy) is 2. The number of rotatable bonds is 8. The number of benzene rings is 2. The van der Waals surface area contributed by atoms with E-state index in [1.807, 2.05) is 0 Å². The van der Waals surface area contributed by atoms with E-state index in [4.69, 9.17) is 9.47 Å². The number of aromatic nitrogens is 3. The monoisotopic (exact) mass is 683 g/mol. The lowest BCUT2D eigenvalue weighted by molar-refractivity contribution is -0.206. The quantitative estimate of drug-likeness (QED) is 0.178. The van der Waals surface area contributed by atoms with E-state index in [2.05, 4.69) is 10.3 Å². The maximum Gasteiger partial charge on any atom is 0.416 e. The summed E-state index contributed by atoms with van der Waals surface area (Å²) >= 11 is 0.378. The van der Waals surface area contributed by atoms with Crippen LogP contribution < -0.4 is 0 Å². The minimum absolute atomic E-state index is 0.243. The minimum Gasteiger partial charge on any atom is -0.463 e. The van der Waals surface area contributed by atoms with Gasteiger partial charge in [0.15, 0.2) is 17.5 Å². The van der Waals surface area contributed by atoms with Crippen LogP contribution in [0.2, 0.25) is 0 Å². The third-order valence-electron chi connectivity index (χ3n) is 7.65. The van der Waals surface area contributed by atoms with Crippen LogP contribution in [0.15, 0.2) is 42.6 Å². The molecule has 1 aromatic heterocycles. The summed E-state index contributed by atoms with van der Waals surface area (Å²) in [5, 5.41) is 39.5. The molecule has 9 nitrogen and oxygen atoms in total. The van der Waals surface area contributed by atoms with Gasteiger partial charge in [0.2, 0.25) is 0 Å². The second-order valence-corrected chi connectivity index (χ2v) is 12.3. The van der Waals surface area contributed by atoms with E-state index in [0.717, 1.165) is 29.9 Å². The molecule has 0 amide bonds. The van der Waals surface area contributed by atoms with Gasteiger partial charge in [0.1, 0.15) is 42.1 Å². The highest BCUT2D eigenvalue weighted by Crippen LogP contribution is 2.59. The van der Waals surface area contributed by atoms with Crippen LogP contribution in [-0.2, 0) is 20.4 Å². The molecule has 2 aromatic carbocycles. The summed E-state index contributed by atoms with van der Waals surface area (Å²) in [7, 11) is 0. The molecule has 250 valence electrons. The van der Waals surface area contributed by atoms with Crippen molar-refractivity contribution in [1.29, 1.82) is 0 Å². The van der Waals surface area contributed by atoms with Crippen LogP contribution in [0.3, 0.4) is 0 Å². The highest BCUT2D eigenvalue weighted by molar-refractivity contribution is 8.00. The van der Waals surface area contributed by atoms with Gasteiger partial charge in [-0.1, -0.05) is 23.4 Å². The summed E-state index contributed by atoms with van der Waals surface area (Å²) in [6.07, 6.45) is -11.5. The number of esters is 1. The Morgan fingerprint density at radius 2 is 1.76 bits per heavy atom. The van der Waals surface area contributed by atoms with Crippen LogP contribution in [-0.4, -0.2) is 78.2 Å². The lowest BCUT2D eigenvalue weighted by atomic mass is 9.72. The fourth-order valence-corrected chi connectivity index (χ4v) is 7.14. The fraction of sp³-hybridized carbons (Fsp3) is 0.464. The Morgan fingerprint density at radius 3 is 2.35 bits per heavy atom. The van der Waals surface area contributed by atoms with Crippen LogP contribution >= 0.6 is 11.8 Å². The molecule has 0 radical (unpaired) electrons. The SMILES string of the molecule is CC(=O)OC[C@H]1O[C@@H](SC(c2ccccc2C(F)(F)F)C2(O)CC(F)(F)C2)[C@H](O)[C@@H](n2cc(-c3cc(F)c(F)c(F)c3)nn2)[C@H]1O. The molecule has 6 atom stereocenters. The van der Waals surface area contributed by atoms with E-state index >= 15 is 0 Å². The maximum atomic E-state index is 14.0. The van der Waals surface area contributed by atoms with Gasteiger partial charge < -0.3 is 24.8 Å². The fourth-order valence-electron chi connectivity index (χ4n) is 5.57. The Hall–Kier alpha value is -3.32. The van der Waals surface area contributed by atoms with Crippen molar-refractivity contribution in [2.45, 2.75) is 72.5 Å². The highest BCUT2D eigenvalue weighted by atomic mass is 32.2. The third-order valence-corrected chi connectivity index (χ3v) is 9.27. The number of aliphatic hydroxyl groups is 3. The predicted octanol–water partition coefficient (Wildman–Crippen LogP) is 4.57. The number of hydrogen-bond acceptors (Lipinski definition) is 9. The number of thioether (sulfide) groups is 1. The van der Waals surface area contributed by atoms with Gasteiger partial charge >= 0.3 is 12.1 Å². The highest BCUT2D eigenvalue weighted by Gasteiger charge is 2.62. The Bertz CT molecular complexity index is 1580. The van der Waals surface area contributed by atoms with Gasteiger partial charge in [-0.2, -0.15) is 13.2 Å². The summed E-state index contributed by atoms with van der Waals surface area (Å²) in [6.45, 7) is 0.397. The number of halogens is 8. The van der Waals surface area contributed by atoms with E-state index in [0.29, 0.717) is 30.0 Å². The van der Waals surface area contributed by atoms with Crippen molar-refractivity contribution >= 4 is 17.7 Å². The molecule has 1 saturated heterocycles. The maximum absolute atomic E-state index is 14.0. The molecule has 2 fully saturated rings. The largest absolute Gasteiger partial charge is 0.463 e. The zero-order chi connectivity index (χ0) is 33.8. The van der Waals surface area contributed by atoms with Crippen molar-refractivity contribution in [3.63, 3.8) is 0 Å². The Balaban J connectivity index is 1.53. The van der Waals surface area contributed by atoms with Gasteiger partial charge in [0.05, 0.1) is 22.6 Å². The first kappa shape index (κ1) is 34.0. The van der Waals surface area contributed by atoms with Crippen molar-refractivity contribution in [1.82, 2.24) is 15.0 Å². The molecule has 5 rings (SSSR count). The number of carbonyl (C=O) groups excluding carboxylic acids is 1. The van der Waals surface area contributed by atoms with E-state index in [1.165, 1.54) is 6.07 Å². The van der Waals surface area contributed by atoms with Crippen LogP contribution in [0, 0.1) is 17.5 Å². The van der Waals surface area contributed by atoms with Crippen LogP contribution in [0.1, 0.15) is 42.2 Å². The zero-order valence-electron chi connectivity index (χ0n) is 23.5. The minimum atomic E-state index is -4.96. The molecule has 3 N–H and O–H groups in total. The molecular formula is C28H25F8N3O6S. The zero-order valence-corrected chi connectivity index (χ0v) is 24.3. The lowest BCUT2D eigenvalue weighted by Gasteiger charge is -2.50. The first-order valence-corrected chi connectivity index (χ1v) is 14.5. The first-order chi connectivity index (χ1) is 21.4. The molecule has 2 aliphatic rings. The number of carbonyl (C=O) groups is 1. The molecular weight excluding hydrogens is 658 g/mol. The molecule has 18 heteroatoms. The van der Waals surface area contributed by atoms with E-state index in [1.54, 1.807) is 0 Å². The van der Waals surface area contributed by atoms with Crippen molar-refractivity contribution < 1.29 is 64.7 Å². The van der Waals surface area contributed by atoms with E-state index < -0.39 is 107 Å². The van der Waals surface area contributed by atoms with Crippen LogP contribution in [0.4, 0.5) is 35.1 Å². The third kappa shape index (κ3) is 6.71. The predicted molar refractivity (Wildman–Crippen MR) is 143 cm³/mol. The van der Waals surface area contributed by atoms with Crippen molar-refractivity contribution in [3.05, 3.63) is 71.2 Å². The Morgan fingerprint density at radius 1 is 1.13 bits per heavy atom. The molecule has 1 saturated carbocycles.